The van der Waals surface area contributed by atoms with E-state index in [1.54, 1.807) is 0 Å². The molecule has 11 heavy (non-hydrogen) atoms. The molecular formula is C9H13NO. The maximum atomic E-state index is 8.00. The smallest absolute Gasteiger partial charge is 0.106 e. The predicted molar refractivity (Wildman–Crippen MR) is 46.8 cm³/mol. The van der Waals surface area contributed by atoms with Crippen LogP contribution in [-0.2, 0) is 4.79 Å². The van der Waals surface area contributed by atoms with Crippen LogP contribution in [0.2, 0.25) is 0 Å². The SMILES string of the molecule is C=O.CC1C=CC=CC(N)=C1. The highest BCUT2D eigenvalue weighted by Crippen LogP contribution is 2.05. The zero-order valence-corrected chi connectivity index (χ0v) is 6.66. The highest BCUT2D eigenvalue weighted by Gasteiger charge is 1.93. The lowest BCUT2D eigenvalue weighted by Gasteiger charge is -1.95. The van der Waals surface area contributed by atoms with E-state index in [4.69, 9.17) is 10.5 Å². The monoisotopic (exact) mass is 151 g/mol. The Bertz CT molecular complexity index is 192. The summed E-state index contributed by atoms with van der Waals surface area (Å²) in [5.41, 5.74) is 6.41. The molecule has 0 aromatic heterocycles. The Morgan fingerprint density at radius 3 is 2.73 bits per heavy atom. The van der Waals surface area contributed by atoms with E-state index < -0.39 is 0 Å². The molecule has 2 nitrogen and oxygen atoms in total. The molecule has 0 aromatic carbocycles. The van der Waals surface area contributed by atoms with Gasteiger partial charge in [0, 0.05) is 5.70 Å². The zero-order valence-electron chi connectivity index (χ0n) is 6.66. The van der Waals surface area contributed by atoms with Crippen LogP contribution in [0.5, 0.6) is 0 Å². The summed E-state index contributed by atoms with van der Waals surface area (Å²) in [5.74, 6) is 0.472. The van der Waals surface area contributed by atoms with Crippen molar-refractivity contribution in [1.29, 1.82) is 0 Å². The first-order valence-corrected chi connectivity index (χ1v) is 3.40. The van der Waals surface area contributed by atoms with E-state index in [1.807, 2.05) is 31.1 Å². The summed E-state index contributed by atoms with van der Waals surface area (Å²) in [4.78, 5) is 8.00. The molecular weight excluding hydrogens is 138 g/mol. The van der Waals surface area contributed by atoms with E-state index in [2.05, 4.69) is 13.0 Å². The second-order valence-corrected chi connectivity index (χ2v) is 2.27. The van der Waals surface area contributed by atoms with E-state index >= 15 is 0 Å². The third kappa shape index (κ3) is 4.14. The van der Waals surface area contributed by atoms with E-state index in [0.717, 1.165) is 5.70 Å². The molecule has 0 heterocycles. The lowest BCUT2D eigenvalue weighted by atomic mass is 10.1. The summed E-state index contributed by atoms with van der Waals surface area (Å²) in [5, 5.41) is 0. The summed E-state index contributed by atoms with van der Waals surface area (Å²) in [6, 6.07) is 0. The molecule has 60 valence electrons. The largest absolute Gasteiger partial charge is 0.399 e. The number of carbonyl (C=O) groups excluding carboxylic acids is 1. The van der Waals surface area contributed by atoms with E-state index in [9.17, 15) is 0 Å². The summed E-state index contributed by atoms with van der Waals surface area (Å²) in [6.45, 7) is 4.11. The van der Waals surface area contributed by atoms with E-state index in [0.29, 0.717) is 5.92 Å². The first-order valence-electron chi connectivity index (χ1n) is 3.40. The molecule has 1 aliphatic carbocycles. The van der Waals surface area contributed by atoms with Crippen LogP contribution in [0.15, 0.2) is 36.1 Å². The second kappa shape index (κ2) is 5.47. The van der Waals surface area contributed by atoms with Gasteiger partial charge in [0.25, 0.3) is 0 Å². The number of allylic oxidation sites excluding steroid dienone is 5. The average molecular weight is 151 g/mol. The number of hydrogen-bond acceptors (Lipinski definition) is 2. The minimum absolute atomic E-state index is 0.472. The third-order valence-electron chi connectivity index (χ3n) is 1.27. The Labute approximate surface area is 67.1 Å². The molecule has 0 amide bonds. The van der Waals surface area contributed by atoms with Crippen LogP contribution < -0.4 is 5.73 Å². The van der Waals surface area contributed by atoms with Crippen molar-refractivity contribution in [1.82, 2.24) is 0 Å². The van der Waals surface area contributed by atoms with Gasteiger partial charge in [0.05, 0.1) is 0 Å². The maximum Gasteiger partial charge on any atom is 0.106 e. The molecule has 1 aliphatic rings. The molecule has 0 aliphatic heterocycles. The highest BCUT2D eigenvalue weighted by atomic mass is 16.1. The number of rotatable bonds is 0. The van der Waals surface area contributed by atoms with Gasteiger partial charge in [0.15, 0.2) is 0 Å². The Morgan fingerprint density at radius 1 is 1.45 bits per heavy atom. The molecule has 1 unspecified atom stereocenters. The average Bonchev–Trinajstić information content (AvgIpc) is 2.18. The Kier molecular flexibility index (Phi) is 4.82. The van der Waals surface area contributed by atoms with E-state index in [1.165, 1.54) is 0 Å². The topological polar surface area (TPSA) is 43.1 Å². The van der Waals surface area contributed by atoms with Crippen molar-refractivity contribution >= 4 is 6.79 Å². The fourth-order valence-corrected chi connectivity index (χ4v) is 0.821. The third-order valence-corrected chi connectivity index (χ3v) is 1.27. The quantitative estimate of drug-likeness (QED) is 0.568. The van der Waals surface area contributed by atoms with Crippen molar-refractivity contribution < 1.29 is 4.79 Å². The van der Waals surface area contributed by atoms with Crippen LogP contribution in [0.1, 0.15) is 6.92 Å². The first kappa shape index (κ1) is 9.69. The molecule has 0 saturated carbocycles. The second-order valence-electron chi connectivity index (χ2n) is 2.27. The summed E-state index contributed by atoms with van der Waals surface area (Å²) in [7, 11) is 0. The van der Waals surface area contributed by atoms with E-state index in [-0.39, 0.29) is 0 Å². The van der Waals surface area contributed by atoms with Crippen molar-refractivity contribution in [3.63, 3.8) is 0 Å². The van der Waals surface area contributed by atoms with Crippen molar-refractivity contribution in [3.05, 3.63) is 36.1 Å². The van der Waals surface area contributed by atoms with Crippen LogP contribution in [-0.4, -0.2) is 6.79 Å². The minimum Gasteiger partial charge on any atom is -0.399 e. The fraction of sp³-hybridized carbons (Fsp3) is 0.222. The molecule has 0 spiro atoms. The van der Waals surface area contributed by atoms with Gasteiger partial charge in [0.2, 0.25) is 0 Å². The lowest BCUT2D eigenvalue weighted by Crippen LogP contribution is -1.94. The molecule has 0 saturated heterocycles. The summed E-state index contributed by atoms with van der Waals surface area (Å²) >= 11 is 0. The molecule has 0 radical (unpaired) electrons. The predicted octanol–water partition coefficient (Wildman–Crippen LogP) is 1.41. The molecule has 2 heteroatoms. The number of carbonyl (C=O) groups is 1. The standard InChI is InChI=1S/C8H11N.CH2O/c1-7-4-2-3-5-8(9)6-7;1-2/h2-7H,9H2,1H3;1H2. The van der Waals surface area contributed by atoms with Crippen LogP contribution in [0.25, 0.3) is 0 Å². The molecule has 2 N–H and O–H groups in total. The number of hydrogen-bond donors (Lipinski definition) is 1. The van der Waals surface area contributed by atoms with Gasteiger partial charge < -0.3 is 10.5 Å². The Balaban J connectivity index is 0.000000461. The van der Waals surface area contributed by atoms with Gasteiger partial charge in [-0.15, -0.1) is 0 Å². The molecule has 1 rings (SSSR count). The molecule has 0 bridgehead atoms. The molecule has 1 atom stereocenters. The fourth-order valence-electron chi connectivity index (χ4n) is 0.821. The van der Waals surface area contributed by atoms with Gasteiger partial charge >= 0.3 is 0 Å². The van der Waals surface area contributed by atoms with Crippen LogP contribution >= 0.6 is 0 Å². The highest BCUT2D eigenvalue weighted by molar-refractivity contribution is 5.25. The van der Waals surface area contributed by atoms with Crippen LogP contribution in [0.3, 0.4) is 0 Å². The van der Waals surface area contributed by atoms with Crippen molar-refractivity contribution in [2.45, 2.75) is 6.92 Å². The van der Waals surface area contributed by atoms with Gasteiger partial charge in [-0.25, -0.2) is 0 Å². The summed E-state index contributed by atoms with van der Waals surface area (Å²) in [6.07, 6.45) is 10.0. The van der Waals surface area contributed by atoms with Gasteiger partial charge in [0.1, 0.15) is 6.79 Å². The van der Waals surface area contributed by atoms with Crippen molar-refractivity contribution in [2.24, 2.45) is 11.7 Å². The van der Waals surface area contributed by atoms with Gasteiger partial charge in [-0.1, -0.05) is 31.2 Å². The Hall–Kier alpha value is -1.31. The Morgan fingerprint density at radius 2 is 2.09 bits per heavy atom. The first-order chi connectivity index (χ1) is 5.29. The zero-order chi connectivity index (χ0) is 8.69. The van der Waals surface area contributed by atoms with Crippen LogP contribution in [0.4, 0.5) is 0 Å². The maximum absolute atomic E-state index is 8.00. The van der Waals surface area contributed by atoms with Gasteiger partial charge in [-0.2, -0.15) is 0 Å². The minimum atomic E-state index is 0.472. The van der Waals surface area contributed by atoms with Crippen LogP contribution in [0, 0.1) is 5.92 Å². The lowest BCUT2D eigenvalue weighted by molar-refractivity contribution is -0.0979. The van der Waals surface area contributed by atoms with Gasteiger partial charge in [-0.05, 0) is 12.0 Å². The molecule has 0 aromatic rings. The van der Waals surface area contributed by atoms with Crippen molar-refractivity contribution in [2.75, 3.05) is 0 Å². The summed E-state index contributed by atoms with van der Waals surface area (Å²) < 4.78 is 0. The van der Waals surface area contributed by atoms with Crippen molar-refractivity contribution in [3.8, 4) is 0 Å². The molecule has 0 fully saturated rings. The normalized spacial score (nSPS) is 21.2. The number of nitrogens with two attached hydrogens (primary N) is 1. The van der Waals surface area contributed by atoms with Gasteiger partial charge in [-0.3, -0.25) is 0 Å².